The molecule has 0 bridgehead atoms. The Labute approximate surface area is 84.7 Å². The van der Waals surface area contributed by atoms with E-state index in [-0.39, 0.29) is 5.62 Å². The molecule has 1 unspecified atom stereocenters. The molecule has 4 heteroatoms. The van der Waals surface area contributed by atoms with Crippen LogP contribution in [0.25, 0.3) is 0 Å². The SMILES string of the molecule is CC(C)[N+]1(C(C)C)C=NC=NC1Cl. The quantitative estimate of drug-likeness (QED) is 0.373. The van der Waals surface area contributed by atoms with Gasteiger partial charge in [-0.2, -0.15) is 9.98 Å². The van der Waals surface area contributed by atoms with Gasteiger partial charge in [0.05, 0.1) is 12.1 Å². The summed E-state index contributed by atoms with van der Waals surface area (Å²) in [6.07, 6.45) is 3.43. The lowest BCUT2D eigenvalue weighted by molar-refractivity contribution is -0.889. The Hall–Kier alpha value is -0.410. The van der Waals surface area contributed by atoms with Crippen LogP contribution in [0.5, 0.6) is 0 Å². The lowest BCUT2D eigenvalue weighted by atomic mass is 10.2. The Morgan fingerprint density at radius 1 is 1.23 bits per heavy atom. The van der Waals surface area contributed by atoms with Gasteiger partial charge in [0.15, 0.2) is 6.34 Å². The van der Waals surface area contributed by atoms with Crippen LogP contribution in [0.1, 0.15) is 27.7 Å². The first-order chi connectivity index (χ1) is 6.01. The van der Waals surface area contributed by atoms with Gasteiger partial charge in [-0.15, -0.1) is 0 Å². The Bertz CT molecular complexity index is 225. The van der Waals surface area contributed by atoms with E-state index in [1.807, 2.05) is 6.34 Å². The summed E-state index contributed by atoms with van der Waals surface area (Å²) in [6.45, 7) is 8.56. The Kier molecular flexibility index (Phi) is 3.09. The smallest absolute Gasteiger partial charge is 0.243 e. The van der Waals surface area contributed by atoms with Crippen molar-refractivity contribution in [3.8, 4) is 0 Å². The molecule has 1 aliphatic rings. The molecule has 0 radical (unpaired) electrons. The third-order valence-electron chi connectivity index (χ3n) is 2.68. The summed E-state index contributed by atoms with van der Waals surface area (Å²) in [5.41, 5.74) is -0.238. The third-order valence-corrected chi connectivity index (χ3v) is 3.13. The number of alkyl halides is 1. The lowest BCUT2D eigenvalue weighted by Gasteiger charge is -2.43. The van der Waals surface area contributed by atoms with Crippen molar-refractivity contribution in [3.63, 3.8) is 0 Å². The molecule has 0 aromatic carbocycles. The summed E-state index contributed by atoms with van der Waals surface area (Å²) in [5, 5.41) is 0. The van der Waals surface area contributed by atoms with Gasteiger partial charge in [-0.25, -0.2) is 4.48 Å². The van der Waals surface area contributed by atoms with Crippen LogP contribution < -0.4 is 0 Å². The fourth-order valence-corrected chi connectivity index (χ4v) is 2.32. The molecule has 0 saturated carbocycles. The highest BCUT2D eigenvalue weighted by Crippen LogP contribution is 2.26. The highest BCUT2D eigenvalue weighted by Gasteiger charge is 2.41. The van der Waals surface area contributed by atoms with E-state index in [0.29, 0.717) is 16.6 Å². The fourth-order valence-electron chi connectivity index (χ4n) is 1.76. The normalized spacial score (nSPS) is 25.9. The molecule has 1 rings (SSSR count). The first-order valence-electron chi connectivity index (χ1n) is 4.59. The van der Waals surface area contributed by atoms with Gasteiger partial charge < -0.3 is 0 Å². The molecule has 0 aromatic rings. The summed E-state index contributed by atoms with van der Waals surface area (Å²) >= 11 is 6.21. The maximum atomic E-state index is 6.21. The zero-order valence-corrected chi connectivity index (χ0v) is 9.36. The standard InChI is InChI=1S/C9H17ClN3/c1-7(2)13(8(3)4)6-11-5-12-9(13)10/h5-9H,1-4H3/q+1. The largest absolute Gasteiger partial charge is 0.267 e. The van der Waals surface area contributed by atoms with E-state index in [9.17, 15) is 0 Å². The van der Waals surface area contributed by atoms with E-state index < -0.39 is 0 Å². The van der Waals surface area contributed by atoms with Crippen molar-refractivity contribution >= 4 is 24.3 Å². The van der Waals surface area contributed by atoms with E-state index in [1.54, 1.807) is 0 Å². The van der Waals surface area contributed by atoms with Crippen molar-refractivity contribution in [2.75, 3.05) is 0 Å². The van der Waals surface area contributed by atoms with Gasteiger partial charge in [0.1, 0.15) is 6.34 Å². The first kappa shape index (κ1) is 10.7. The van der Waals surface area contributed by atoms with Gasteiger partial charge in [-0.3, -0.25) is 0 Å². The van der Waals surface area contributed by atoms with Crippen molar-refractivity contribution in [2.24, 2.45) is 9.98 Å². The maximum absolute atomic E-state index is 6.21. The number of halogens is 1. The molecule has 3 nitrogen and oxygen atoms in total. The van der Waals surface area contributed by atoms with Gasteiger partial charge in [0, 0.05) is 0 Å². The van der Waals surface area contributed by atoms with Crippen LogP contribution in [0.3, 0.4) is 0 Å². The van der Waals surface area contributed by atoms with E-state index in [1.165, 1.54) is 6.34 Å². The molecule has 0 saturated heterocycles. The molecule has 0 aliphatic carbocycles. The second kappa shape index (κ2) is 3.76. The van der Waals surface area contributed by atoms with Crippen molar-refractivity contribution < 1.29 is 4.48 Å². The molecule has 0 spiro atoms. The summed E-state index contributed by atoms with van der Waals surface area (Å²) in [5.74, 6) is 0. The minimum Gasteiger partial charge on any atom is -0.243 e. The summed E-state index contributed by atoms with van der Waals surface area (Å²) < 4.78 is 0.623. The average molecular weight is 203 g/mol. The molecular formula is C9H17ClN3+. The maximum Gasteiger partial charge on any atom is 0.267 e. The van der Waals surface area contributed by atoms with Crippen LogP contribution >= 0.6 is 11.6 Å². The number of hydrogen-bond acceptors (Lipinski definition) is 2. The third kappa shape index (κ3) is 1.63. The van der Waals surface area contributed by atoms with Crippen molar-refractivity contribution in [1.29, 1.82) is 0 Å². The van der Waals surface area contributed by atoms with Crippen molar-refractivity contribution in [1.82, 2.24) is 0 Å². The van der Waals surface area contributed by atoms with E-state index in [4.69, 9.17) is 11.6 Å². The predicted octanol–water partition coefficient (Wildman–Crippen LogP) is 2.21. The Morgan fingerprint density at radius 2 is 1.77 bits per heavy atom. The molecular weight excluding hydrogens is 186 g/mol. The van der Waals surface area contributed by atoms with Gasteiger partial charge in [-0.05, 0) is 39.3 Å². The fraction of sp³-hybridized carbons (Fsp3) is 0.778. The van der Waals surface area contributed by atoms with Gasteiger partial charge in [0.25, 0.3) is 5.62 Å². The van der Waals surface area contributed by atoms with E-state index in [0.717, 1.165) is 0 Å². The monoisotopic (exact) mass is 202 g/mol. The Morgan fingerprint density at radius 3 is 2.08 bits per heavy atom. The molecule has 0 aromatic heterocycles. The zero-order chi connectivity index (χ0) is 10.1. The lowest BCUT2D eigenvalue weighted by Crippen LogP contribution is -2.61. The second-order valence-corrected chi connectivity index (χ2v) is 4.31. The van der Waals surface area contributed by atoms with Gasteiger partial charge in [0.2, 0.25) is 0 Å². The highest BCUT2D eigenvalue weighted by atomic mass is 35.5. The van der Waals surface area contributed by atoms with Crippen LogP contribution in [-0.2, 0) is 0 Å². The molecule has 74 valence electrons. The molecule has 13 heavy (non-hydrogen) atoms. The van der Waals surface area contributed by atoms with E-state index in [2.05, 4.69) is 37.7 Å². The predicted molar refractivity (Wildman–Crippen MR) is 57.2 cm³/mol. The van der Waals surface area contributed by atoms with E-state index >= 15 is 0 Å². The van der Waals surface area contributed by atoms with Crippen LogP contribution in [0, 0.1) is 0 Å². The molecule has 0 fully saturated rings. The van der Waals surface area contributed by atoms with Crippen molar-refractivity contribution in [3.05, 3.63) is 0 Å². The topological polar surface area (TPSA) is 24.7 Å². The number of aliphatic imine (C=N–C) groups is 2. The van der Waals surface area contributed by atoms with Crippen LogP contribution in [-0.4, -0.2) is 34.9 Å². The number of quaternary nitrogens is 1. The van der Waals surface area contributed by atoms with Crippen molar-refractivity contribution in [2.45, 2.75) is 45.4 Å². The molecule has 1 aliphatic heterocycles. The Balaban J connectivity index is 3.03. The number of nitrogens with zero attached hydrogens (tertiary/aromatic N) is 3. The minimum atomic E-state index is -0.238. The minimum absolute atomic E-state index is 0.238. The van der Waals surface area contributed by atoms with Gasteiger partial charge in [-0.1, -0.05) is 0 Å². The molecule has 1 atom stereocenters. The van der Waals surface area contributed by atoms with Crippen LogP contribution in [0.4, 0.5) is 0 Å². The summed E-state index contributed by atoms with van der Waals surface area (Å²) in [4.78, 5) is 8.24. The first-order valence-corrected chi connectivity index (χ1v) is 5.03. The molecule has 0 N–H and O–H groups in total. The second-order valence-electron chi connectivity index (χ2n) is 3.92. The molecule has 0 amide bonds. The van der Waals surface area contributed by atoms with Crippen LogP contribution in [0.2, 0.25) is 0 Å². The summed E-state index contributed by atoms with van der Waals surface area (Å²) in [7, 11) is 0. The number of rotatable bonds is 2. The summed E-state index contributed by atoms with van der Waals surface area (Å²) in [6, 6.07) is 0.785. The van der Waals surface area contributed by atoms with Crippen LogP contribution in [0.15, 0.2) is 9.98 Å². The zero-order valence-electron chi connectivity index (χ0n) is 8.61. The number of hydrogen-bond donors (Lipinski definition) is 0. The molecule has 1 heterocycles. The average Bonchev–Trinajstić information content (AvgIpc) is 2.04. The van der Waals surface area contributed by atoms with Gasteiger partial charge >= 0.3 is 0 Å². The highest BCUT2D eigenvalue weighted by molar-refractivity contribution is 6.20.